The Morgan fingerprint density at radius 1 is 0.977 bits per heavy atom. The maximum Gasteiger partial charge on any atom is 0.276 e. The summed E-state index contributed by atoms with van der Waals surface area (Å²) in [5.41, 5.74) is 3.98. The molecule has 0 fully saturated rings. The molecular formula is C32H27N7O3S. The molecule has 214 valence electrons. The van der Waals surface area contributed by atoms with Gasteiger partial charge >= 0.3 is 0 Å². The van der Waals surface area contributed by atoms with E-state index in [0.717, 1.165) is 53.1 Å². The number of nitrogens with zero attached hydrogens (tertiary/aromatic N) is 4. The Morgan fingerprint density at radius 2 is 1.81 bits per heavy atom. The van der Waals surface area contributed by atoms with Crippen molar-refractivity contribution in [3.8, 4) is 5.75 Å². The van der Waals surface area contributed by atoms with E-state index in [1.165, 1.54) is 16.9 Å². The number of imidazole rings is 1. The van der Waals surface area contributed by atoms with Crippen molar-refractivity contribution in [2.45, 2.75) is 19.5 Å². The highest BCUT2D eigenvalue weighted by atomic mass is 32.1. The van der Waals surface area contributed by atoms with Gasteiger partial charge in [0.2, 0.25) is 5.95 Å². The van der Waals surface area contributed by atoms with E-state index in [1.807, 2.05) is 42.5 Å². The van der Waals surface area contributed by atoms with Gasteiger partial charge in [0, 0.05) is 42.5 Å². The molecule has 6 aromatic rings. The van der Waals surface area contributed by atoms with Gasteiger partial charge in [-0.1, -0.05) is 42.5 Å². The van der Waals surface area contributed by atoms with Crippen molar-refractivity contribution in [3.63, 3.8) is 0 Å². The number of carbonyl (C=O) groups excluding carboxylic acids is 2. The summed E-state index contributed by atoms with van der Waals surface area (Å²) in [6.45, 7) is 2.50. The molecule has 43 heavy (non-hydrogen) atoms. The van der Waals surface area contributed by atoms with Gasteiger partial charge in [-0.3, -0.25) is 30.1 Å². The third-order valence-electron chi connectivity index (χ3n) is 7.45. The lowest BCUT2D eigenvalue weighted by molar-refractivity contribution is 0.101. The van der Waals surface area contributed by atoms with E-state index >= 15 is 0 Å². The number of hydrogen-bond acceptors (Lipinski definition) is 8. The van der Waals surface area contributed by atoms with Gasteiger partial charge in [0.05, 0.1) is 23.9 Å². The van der Waals surface area contributed by atoms with Crippen molar-refractivity contribution in [1.82, 2.24) is 24.8 Å². The Balaban J connectivity index is 1.04. The summed E-state index contributed by atoms with van der Waals surface area (Å²) < 4.78 is 5.26. The average molecular weight is 590 g/mol. The predicted molar refractivity (Wildman–Crippen MR) is 167 cm³/mol. The van der Waals surface area contributed by atoms with Gasteiger partial charge in [0.1, 0.15) is 17.0 Å². The maximum absolute atomic E-state index is 13.4. The molecule has 0 bridgehead atoms. The average Bonchev–Trinajstić information content (AvgIpc) is 3.63. The van der Waals surface area contributed by atoms with E-state index in [2.05, 4.69) is 42.6 Å². The van der Waals surface area contributed by atoms with Crippen molar-refractivity contribution in [1.29, 1.82) is 0 Å². The fourth-order valence-corrected chi connectivity index (χ4v) is 6.29. The summed E-state index contributed by atoms with van der Waals surface area (Å²) in [7, 11) is 1.67. The topological polar surface area (TPSA) is 125 Å². The quantitative estimate of drug-likeness (QED) is 0.220. The molecule has 0 radical (unpaired) electrons. The number of pyridine rings is 1. The number of para-hydroxylation sites is 1. The van der Waals surface area contributed by atoms with Crippen LogP contribution in [-0.4, -0.2) is 50.3 Å². The van der Waals surface area contributed by atoms with Gasteiger partial charge in [0.15, 0.2) is 5.13 Å². The number of rotatable bonds is 7. The first-order chi connectivity index (χ1) is 21.0. The number of anilines is 2. The molecule has 3 aromatic carbocycles. The van der Waals surface area contributed by atoms with Crippen LogP contribution >= 0.6 is 11.3 Å². The van der Waals surface area contributed by atoms with Crippen LogP contribution in [0, 0.1) is 0 Å². The Bertz CT molecular complexity index is 1980. The molecular weight excluding hydrogens is 562 g/mol. The van der Waals surface area contributed by atoms with Crippen molar-refractivity contribution in [2.24, 2.45) is 0 Å². The van der Waals surface area contributed by atoms with Gasteiger partial charge in [-0.05, 0) is 41.3 Å². The van der Waals surface area contributed by atoms with E-state index in [9.17, 15) is 9.59 Å². The van der Waals surface area contributed by atoms with Crippen LogP contribution in [0.25, 0.3) is 21.8 Å². The van der Waals surface area contributed by atoms with Gasteiger partial charge in [-0.2, -0.15) is 0 Å². The summed E-state index contributed by atoms with van der Waals surface area (Å²) >= 11 is 1.50. The number of hydrogen-bond donors (Lipinski definition) is 3. The molecule has 0 saturated carbocycles. The number of thiazole rings is 1. The zero-order valence-electron chi connectivity index (χ0n) is 23.3. The zero-order chi connectivity index (χ0) is 29.3. The predicted octanol–water partition coefficient (Wildman–Crippen LogP) is 5.64. The molecule has 0 unspecified atom stereocenters. The van der Waals surface area contributed by atoms with Crippen molar-refractivity contribution >= 4 is 56.0 Å². The number of nitrogens with one attached hydrogen (secondary N) is 3. The lowest BCUT2D eigenvalue weighted by Crippen LogP contribution is -2.29. The van der Waals surface area contributed by atoms with Crippen molar-refractivity contribution < 1.29 is 14.3 Å². The maximum atomic E-state index is 13.4. The van der Waals surface area contributed by atoms with Gasteiger partial charge < -0.3 is 9.72 Å². The van der Waals surface area contributed by atoms with Crippen LogP contribution in [0.15, 0.2) is 79.0 Å². The van der Waals surface area contributed by atoms with Gasteiger partial charge in [0.25, 0.3) is 11.8 Å². The minimum Gasteiger partial charge on any atom is -0.497 e. The van der Waals surface area contributed by atoms with E-state index < -0.39 is 5.91 Å². The van der Waals surface area contributed by atoms with E-state index in [0.29, 0.717) is 21.7 Å². The minimum atomic E-state index is -0.398. The zero-order valence-corrected chi connectivity index (χ0v) is 24.1. The minimum absolute atomic E-state index is 0.233. The van der Waals surface area contributed by atoms with Crippen LogP contribution in [0.2, 0.25) is 0 Å². The normalized spacial score (nSPS) is 13.1. The highest BCUT2D eigenvalue weighted by Gasteiger charge is 2.23. The molecule has 0 saturated heterocycles. The summed E-state index contributed by atoms with van der Waals surface area (Å²) in [5, 5.41) is 8.16. The number of carbonyl (C=O) groups is 2. The third kappa shape index (κ3) is 5.55. The molecule has 2 amide bonds. The molecule has 1 aliphatic heterocycles. The standard InChI is InChI=1S/C32H27N7O3S/c1-42-22-11-9-19(10-12-22)17-39-14-13-24-27(18-39)43-32(35-24)38-29(40)23-7-4-8-25-28(23)36-31(34-25)37-30(41)26-15-20-5-2-3-6-21(20)16-33-26/h2-12,15-16H,13-14,17-18H2,1H3,(H,35,38,40)(H2,34,36,37,41). The Hall–Kier alpha value is -5.13. The second kappa shape index (κ2) is 11.3. The summed E-state index contributed by atoms with van der Waals surface area (Å²) in [6.07, 6.45) is 2.49. The lowest BCUT2D eigenvalue weighted by Gasteiger charge is -2.25. The first-order valence-corrected chi connectivity index (χ1v) is 14.6. The number of amides is 2. The molecule has 4 heterocycles. The highest BCUT2D eigenvalue weighted by molar-refractivity contribution is 7.15. The molecule has 11 heteroatoms. The second-order valence-corrected chi connectivity index (χ2v) is 11.4. The van der Waals surface area contributed by atoms with Crippen LogP contribution in [0.3, 0.4) is 0 Å². The molecule has 0 atom stereocenters. The number of methoxy groups -OCH3 is 1. The second-order valence-electron chi connectivity index (χ2n) is 10.3. The highest BCUT2D eigenvalue weighted by Crippen LogP contribution is 2.30. The van der Waals surface area contributed by atoms with Crippen LogP contribution in [0.5, 0.6) is 5.75 Å². The first kappa shape index (κ1) is 26.7. The molecule has 0 spiro atoms. The summed E-state index contributed by atoms with van der Waals surface area (Å²) in [6, 6.07) is 22.8. The van der Waals surface area contributed by atoms with Gasteiger partial charge in [-0.15, -0.1) is 11.3 Å². The fourth-order valence-electron chi connectivity index (χ4n) is 5.24. The molecule has 1 aliphatic rings. The van der Waals surface area contributed by atoms with E-state index in [4.69, 9.17) is 9.72 Å². The van der Waals surface area contributed by atoms with E-state index in [-0.39, 0.29) is 17.5 Å². The lowest BCUT2D eigenvalue weighted by atomic mass is 10.1. The van der Waals surface area contributed by atoms with E-state index in [1.54, 1.807) is 31.5 Å². The number of H-pyrrole nitrogens is 1. The van der Waals surface area contributed by atoms with Crippen LogP contribution in [-0.2, 0) is 19.5 Å². The Labute approximate surface area is 250 Å². The summed E-state index contributed by atoms with van der Waals surface area (Å²) in [5.74, 6) is 0.367. The van der Waals surface area contributed by atoms with Gasteiger partial charge in [-0.25, -0.2) is 9.97 Å². The van der Waals surface area contributed by atoms with Crippen LogP contribution < -0.4 is 15.4 Å². The summed E-state index contributed by atoms with van der Waals surface area (Å²) in [4.78, 5) is 46.4. The first-order valence-electron chi connectivity index (χ1n) is 13.8. The molecule has 0 aliphatic carbocycles. The fraction of sp³-hybridized carbons (Fsp3) is 0.156. The van der Waals surface area contributed by atoms with Crippen LogP contribution in [0.1, 0.15) is 37.0 Å². The third-order valence-corrected chi connectivity index (χ3v) is 8.45. The molecule has 3 aromatic heterocycles. The molecule has 10 nitrogen and oxygen atoms in total. The Kier molecular flexibility index (Phi) is 7.01. The van der Waals surface area contributed by atoms with Crippen molar-refractivity contribution in [3.05, 3.63) is 106 Å². The number of aromatic nitrogens is 4. The van der Waals surface area contributed by atoms with Crippen LogP contribution in [0.4, 0.5) is 11.1 Å². The number of ether oxygens (including phenoxy) is 1. The van der Waals surface area contributed by atoms with Crippen molar-refractivity contribution in [2.75, 3.05) is 24.3 Å². The SMILES string of the molecule is COc1ccc(CN2CCc3nc(NC(=O)c4cccc5[nH]c(NC(=O)c6cc7ccccc7cn6)nc45)sc3C2)cc1. The number of fused-ring (bicyclic) bond motifs is 3. The molecule has 3 N–H and O–H groups in total. The smallest absolute Gasteiger partial charge is 0.276 e. The number of aromatic amines is 1. The Morgan fingerprint density at radius 3 is 2.65 bits per heavy atom. The largest absolute Gasteiger partial charge is 0.497 e. The molecule has 7 rings (SSSR count). The number of benzene rings is 3. The monoisotopic (exact) mass is 589 g/mol.